The van der Waals surface area contributed by atoms with Crippen LogP contribution in [0.5, 0.6) is 28.7 Å². The van der Waals surface area contributed by atoms with E-state index < -0.39 is 5.92 Å². The summed E-state index contributed by atoms with van der Waals surface area (Å²) in [5.41, 5.74) is 2.80. The molecule has 1 fully saturated rings. The summed E-state index contributed by atoms with van der Waals surface area (Å²) in [6.07, 6.45) is 1.77. The maximum Gasteiger partial charge on any atom is 0.310 e. The Labute approximate surface area is 215 Å². The van der Waals surface area contributed by atoms with Crippen molar-refractivity contribution in [3.05, 3.63) is 65.4 Å². The minimum atomic E-state index is -0.432. The Kier molecular flexibility index (Phi) is 6.00. The molecule has 1 saturated heterocycles. The Hall–Kier alpha value is -3.24. The number of benzene rings is 2. The van der Waals surface area contributed by atoms with Crippen LogP contribution in [-0.4, -0.2) is 43.7 Å². The number of carbonyl (C=O) groups is 1. The normalized spacial score (nSPS) is 23.6. The first-order valence-electron chi connectivity index (χ1n) is 11.4. The van der Waals surface area contributed by atoms with Crippen LogP contribution in [0.15, 0.2) is 53.7 Å². The van der Waals surface area contributed by atoms with E-state index in [-0.39, 0.29) is 47.1 Å². The van der Waals surface area contributed by atoms with Gasteiger partial charge in [0.1, 0.15) is 5.03 Å². The van der Waals surface area contributed by atoms with E-state index in [9.17, 15) is 9.90 Å². The molecule has 2 aromatic carbocycles. The molecule has 8 nitrogen and oxygen atoms in total. The zero-order valence-electron chi connectivity index (χ0n) is 19.5. The predicted octanol–water partition coefficient (Wildman–Crippen LogP) is 4.95. The highest BCUT2D eigenvalue weighted by Crippen LogP contribution is 2.61. The third-order valence-electron chi connectivity index (χ3n) is 6.86. The number of hydrogen-bond donors (Lipinski definition) is 1. The van der Waals surface area contributed by atoms with Crippen molar-refractivity contribution in [3.8, 4) is 28.7 Å². The molecule has 186 valence electrons. The Bertz CT molecular complexity index is 1290. The van der Waals surface area contributed by atoms with Gasteiger partial charge in [-0.25, -0.2) is 4.98 Å². The lowest BCUT2D eigenvalue weighted by molar-refractivity contribution is -0.141. The molecule has 1 N–H and O–H groups in total. The van der Waals surface area contributed by atoms with E-state index in [0.717, 1.165) is 21.7 Å². The van der Waals surface area contributed by atoms with Crippen LogP contribution in [0.4, 0.5) is 0 Å². The van der Waals surface area contributed by atoms with Crippen LogP contribution in [-0.2, 0) is 9.53 Å². The first-order valence-corrected chi connectivity index (χ1v) is 13.6. The average Bonchev–Trinajstić information content (AvgIpc) is 3.52. The highest BCUT2D eigenvalue weighted by molar-refractivity contribution is 8.76. The molecule has 0 spiro atoms. The highest BCUT2D eigenvalue weighted by atomic mass is 33.1. The number of phenols is 1. The summed E-state index contributed by atoms with van der Waals surface area (Å²) in [6.45, 7) is 0.472. The number of esters is 1. The van der Waals surface area contributed by atoms with Crippen molar-refractivity contribution < 1.29 is 33.6 Å². The summed E-state index contributed by atoms with van der Waals surface area (Å²) in [6, 6.07) is 13.3. The number of pyridine rings is 1. The standard InChI is InChI=1S/C26H23NO7S2/c1-30-19-7-13(8-20(31-2)24(19)28)22-14-9-17-18(34-12-33-17)10-15(14)25(16-11-32-26(29)23(16)22)36-35-21-5-3-4-6-27-21/h3-10,16,22-23,25,28H,11-12H2,1-2H3/t16-,22+,23-,25+/m0/s1. The fourth-order valence-corrected chi connectivity index (χ4v) is 8.01. The number of cyclic esters (lactones) is 1. The molecule has 1 aromatic heterocycles. The van der Waals surface area contributed by atoms with Gasteiger partial charge in [0.15, 0.2) is 23.0 Å². The van der Waals surface area contributed by atoms with Crippen molar-refractivity contribution in [2.45, 2.75) is 16.2 Å². The second-order valence-electron chi connectivity index (χ2n) is 8.67. The molecule has 2 aliphatic heterocycles. The zero-order valence-corrected chi connectivity index (χ0v) is 21.1. The number of hydrogen-bond acceptors (Lipinski definition) is 10. The van der Waals surface area contributed by atoms with Gasteiger partial charge in [-0.2, -0.15) is 0 Å². The van der Waals surface area contributed by atoms with Crippen molar-refractivity contribution in [1.29, 1.82) is 0 Å². The van der Waals surface area contributed by atoms with Gasteiger partial charge in [-0.1, -0.05) is 16.9 Å². The molecular weight excluding hydrogens is 502 g/mol. The van der Waals surface area contributed by atoms with E-state index in [1.807, 2.05) is 30.3 Å². The minimum Gasteiger partial charge on any atom is -0.502 e. The molecule has 1 aliphatic carbocycles. The lowest BCUT2D eigenvalue weighted by atomic mass is 9.67. The number of rotatable bonds is 6. The quantitative estimate of drug-likeness (QED) is 0.352. The van der Waals surface area contributed by atoms with E-state index >= 15 is 0 Å². The van der Waals surface area contributed by atoms with Crippen molar-refractivity contribution in [2.75, 3.05) is 27.6 Å². The molecule has 6 rings (SSSR count). The fraction of sp³-hybridized carbons (Fsp3) is 0.308. The van der Waals surface area contributed by atoms with Gasteiger partial charge in [0, 0.05) is 23.3 Å². The molecule has 4 atom stereocenters. The van der Waals surface area contributed by atoms with Gasteiger partial charge >= 0.3 is 5.97 Å². The summed E-state index contributed by atoms with van der Waals surface area (Å²) in [4.78, 5) is 17.6. The molecule has 3 aliphatic rings. The van der Waals surface area contributed by atoms with Crippen LogP contribution >= 0.6 is 21.6 Å². The number of fused-ring (bicyclic) bond motifs is 3. The Morgan fingerprint density at radius 1 is 1.00 bits per heavy atom. The summed E-state index contributed by atoms with van der Waals surface area (Å²) < 4.78 is 27.9. The van der Waals surface area contributed by atoms with E-state index in [2.05, 4.69) is 4.98 Å². The van der Waals surface area contributed by atoms with Crippen molar-refractivity contribution in [2.24, 2.45) is 11.8 Å². The average molecular weight is 526 g/mol. The first kappa shape index (κ1) is 23.2. The van der Waals surface area contributed by atoms with Gasteiger partial charge in [0.2, 0.25) is 12.5 Å². The maximum atomic E-state index is 13.2. The molecule has 36 heavy (non-hydrogen) atoms. The topological polar surface area (TPSA) is 96.3 Å². The minimum absolute atomic E-state index is 0.0462. The van der Waals surface area contributed by atoms with Crippen LogP contribution in [0, 0.1) is 11.8 Å². The monoisotopic (exact) mass is 525 g/mol. The number of nitrogens with zero attached hydrogens (tertiary/aromatic N) is 1. The van der Waals surface area contributed by atoms with Crippen LogP contribution in [0.1, 0.15) is 27.9 Å². The summed E-state index contributed by atoms with van der Waals surface area (Å²) in [5, 5.41) is 11.3. The second kappa shape index (κ2) is 9.33. The Morgan fingerprint density at radius 2 is 1.72 bits per heavy atom. The largest absolute Gasteiger partial charge is 0.502 e. The second-order valence-corrected chi connectivity index (χ2v) is 11.0. The highest BCUT2D eigenvalue weighted by Gasteiger charge is 2.53. The molecule has 3 aromatic rings. The van der Waals surface area contributed by atoms with Gasteiger partial charge < -0.3 is 28.8 Å². The molecule has 3 heterocycles. The van der Waals surface area contributed by atoms with Crippen LogP contribution in [0.3, 0.4) is 0 Å². The van der Waals surface area contributed by atoms with Crippen molar-refractivity contribution in [1.82, 2.24) is 4.98 Å². The van der Waals surface area contributed by atoms with Crippen molar-refractivity contribution >= 4 is 27.6 Å². The van der Waals surface area contributed by atoms with Gasteiger partial charge in [0.25, 0.3) is 0 Å². The zero-order chi connectivity index (χ0) is 24.8. The smallest absolute Gasteiger partial charge is 0.310 e. The molecule has 0 unspecified atom stereocenters. The van der Waals surface area contributed by atoms with Crippen LogP contribution < -0.4 is 18.9 Å². The van der Waals surface area contributed by atoms with Crippen LogP contribution in [0.25, 0.3) is 0 Å². The number of phenolic OH excluding ortho intramolecular Hbond substituents is 1. The Balaban J connectivity index is 1.50. The Morgan fingerprint density at radius 3 is 2.39 bits per heavy atom. The number of carbonyl (C=O) groups excluding carboxylic acids is 1. The van der Waals surface area contributed by atoms with Gasteiger partial charge in [-0.15, -0.1) is 0 Å². The summed E-state index contributed by atoms with van der Waals surface area (Å²) in [5.74, 6) is 0.682. The van der Waals surface area contributed by atoms with Crippen molar-refractivity contribution in [3.63, 3.8) is 0 Å². The van der Waals surface area contributed by atoms with Gasteiger partial charge in [-0.05, 0) is 63.9 Å². The molecule has 10 heteroatoms. The third-order valence-corrected chi connectivity index (χ3v) is 9.60. The van der Waals surface area contributed by atoms with E-state index in [0.29, 0.717) is 18.1 Å². The van der Waals surface area contributed by atoms with E-state index in [1.165, 1.54) is 14.2 Å². The van der Waals surface area contributed by atoms with Gasteiger partial charge in [0.05, 0.1) is 26.7 Å². The summed E-state index contributed by atoms with van der Waals surface area (Å²) >= 11 is 0. The third kappa shape index (κ3) is 3.79. The molecular formula is C26H23NO7S2. The SMILES string of the molecule is COc1cc([C@@H]2c3cc4c(cc3[C@@H](SSc3ccccn3)[C@H]3COC(=O)[C@H]23)OCO4)cc(OC)c1O. The number of aromatic hydroxyl groups is 1. The lowest BCUT2D eigenvalue weighted by Crippen LogP contribution is -2.33. The van der Waals surface area contributed by atoms with E-state index in [4.69, 9.17) is 23.7 Å². The van der Waals surface area contributed by atoms with E-state index in [1.54, 1.807) is 39.9 Å². The number of methoxy groups -OCH3 is 2. The fourth-order valence-electron chi connectivity index (χ4n) is 5.23. The van der Waals surface area contributed by atoms with Gasteiger partial charge in [-0.3, -0.25) is 4.79 Å². The molecule has 0 saturated carbocycles. The maximum absolute atomic E-state index is 13.2. The molecule has 0 bridgehead atoms. The number of ether oxygens (including phenoxy) is 5. The first-order chi connectivity index (χ1) is 17.6. The number of aromatic nitrogens is 1. The van der Waals surface area contributed by atoms with Crippen LogP contribution in [0.2, 0.25) is 0 Å². The summed E-state index contributed by atoms with van der Waals surface area (Å²) in [7, 11) is 6.22. The molecule has 0 radical (unpaired) electrons. The lowest BCUT2D eigenvalue weighted by Gasteiger charge is -2.38. The molecule has 0 amide bonds. The predicted molar refractivity (Wildman–Crippen MR) is 134 cm³/mol.